The van der Waals surface area contributed by atoms with Crippen molar-refractivity contribution in [3.05, 3.63) is 210 Å². The van der Waals surface area contributed by atoms with Crippen LogP contribution in [0.25, 0.3) is 93.6 Å². The molecule has 1 aliphatic rings. The van der Waals surface area contributed by atoms with Crippen molar-refractivity contribution in [2.75, 3.05) is 0 Å². The molecule has 1 aliphatic carbocycles. The first-order chi connectivity index (χ1) is 28.7. The molecule has 0 saturated carbocycles. The van der Waals surface area contributed by atoms with Gasteiger partial charge in [0.05, 0.1) is 28.2 Å². The highest BCUT2D eigenvalue weighted by Gasteiger charge is 2.25. The summed E-state index contributed by atoms with van der Waals surface area (Å²) in [4.78, 5) is 0. The van der Waals surface area contributed by atoms with Gasteiger partial charge in [-0.05, 0) is 128 Å². The van der Waals surface area contributed by atoms with Gasteiger partial charge >= 0.3 is 0 Å². The van der Waals surface area contributed by atoms with E-state index in [2.05, 4.69) is 185 Å². The average Bonchev–Trinajstić information content (AvgIpc) is 3.81. The van der Waals surface area contributed by atoms with Gasteiger partial charge in [-0.25, -0.2) is 0 Å². The number of para-hydroxylation sites is 2. The van der Waals surface area contributed by atoms with Gasteiger partial charge in [0, 0.05) is 39.1 Å². The van der Waals surface area contributed by atoms with E-state index in [1.54, 1.807) is 0 Å². The van der Waals surface area contributed by atoms with Gasteiger partial charge in [-0.3, -0.25) is 0 Å². The van der Waals surface area contributed by atoms with Crippen LogP contribution >= 0.6 is 0 Å². The maximum atomic E-state index is 9.24. The maximum Gasteiger partial charge on any atom is 0.0991 e. The SMILES string of the molecule is N#Cc1ccc(-c2ccc(-n3c4c(c5ccccc53)CC(c3ccc5c(c3)c3ccccc3n5-c3ccc5c6ccccc6c6ccccc6c5c3)C=C4)cc2)cc1. The molecule has 0 aliphatic heterocycles. The lowest BCUT2D eigenvalue weighted by Gasteiger charge is -2.20. The molecule has 3 heteroatoms. The maximum absolute atomic E-state index is 9.24. The lowest BCUT2D eigenvalue weighted by Crippen LogP contribution is -2.07. The van der Waals surface area contributed by atoms with E-state index in [0.29, 0.717) is 5.56 Å². The molecule has 270 valence electrons. The normalized spacial score (nSPS) is 13.9. The molecular weight excluding hydrogens is 703 g/mol. The molecule has 3 nitrogen and oxygen atoms in total. The number of nitrogens with zero attached hydrogens (tertiary/aromatic N) is 3. The van der Waals surface area contributed by atoms with E-state index in [4.69, 9.17) is 0 Å². The second-order valence-electron chi connectivity index (χ2n) is 15.6. The summed E-state index contributed by atoms with van der Waals surface area (Å²) in [5, 5.41) is 20.8. The molecule has 0 saturated heterocycles. The minimum Gasteiger partial charge on any atom is -0.310 e. The van der Waals surface area contributed by atoms with Crippen LogP contribution in [0.2, 0.25) is 0 Å². The van der Waals surface area contributed by atoms with Gasteiger partial charge in [0.2, 0.25) is 0 Å². The van der Waals surface area contributed by atoms with Crippen LogP contribution in [0.15, 0.2) is 188 Å². The zero-order valence-electron chi connectivity index (χ0n) is 31.6. The fraction of sp³-hybridized carbons (Fsp3) is 0.0364. The van der Waals surface area contributed by atoms with Crippen molar-refractivity contribution in [2.45, 2.75) is 12.3 Å². The van der Waals surface area contributed by atoms with E-state index in [9.17, 15) is 5.26 Å². The van der Waals surface area contributed by atoms with Crippen LogP contribution in [0.3, 0.4) is 0 Å². The van der Waals surface area contributed by atoms with Crippen molar-refractivity contribution in [1.29, 1.82) is 5.26 Å². The highest BCUT2D eigenvalue weighted by atomic mass is 15.0. The summed E-state index contributed by atoms with van der Waals surface area (Å²) >= 11 is 0. The van der Waals surface area contributed by atoms with Crippen molar-refractivity contribution in [2.24, 2.45) is 0 Å². The molecule has 12 rings (SSSR count). The molecule has 2 aromatic heterocycles. The third kappa shape index (κ3) is 4.86. The lowest BCUT2D eigenvalue weighted by molar-refractivity contribution is 0.826. The van der Waals surface area contributed by atoms with Crippen LogP contribution < -0.4 is 0 Å². The van der Waals surface area contributed by atoms with E-state index >= 15 is 0 Å². The Hall–Kier alpha value is -7.67. The lowest BCUT2D eigenvalue weighted by atomic mass is 9.86. The number of nitriles is 1. The smallest absolute Gasteiger partial charge is 0.0991 e. The molecule has 0 bridgehead atoms. The molecule has 1 unspecified atom stereocenters. The predicted molar refractivity (Wildman–Crippen MR) is 242 cm³/mol. The van der Waals surface area contributed by atoms with Crippen molar-refractivity contribution < 1.29 is 0 Å². The number of fused-ring (bicyclic) bond motifs is 12. The van der Waals surface area contributed by atoms with E-state index in [-0.39, 0.29) is 5.92 Å². The Kier molecular flexibility index (Phi) is 7.12. The molecule has 0 spiro atoms. The fourth-order valence-corrected chi connectivity index (χ4v) is 9.79. The summed E-state index contributed by atoms with van der Waals surface area (Å²) < 4.78 is 4.86. The molecule has 1 atom stereocenters. The topological polar surface area (TPSA) is 33.6 Å². The summed E-state index contributed by atoms with van der Waals surface area (Å²) in [5.41, 5.74) is 12.8. The molecule has 0 amide bonds. The van der Waals surface area contributed by atoms with Crippen molar-refractivity contribution in [1.82, 2.24) is 9.13 Å². The van der Waals surface area contributed by atoms with Gasteiger partial charge < -0.3 is 9.13 Å². The van der Waals surface area contributed by atoms with Gasteiger partial charge in [-0.1, -0.05) is 127 Å². The Labute approximate surface area is 335 Å². The number of benzene rings is 9. The summed E-state index contributed by atoms with van der Waals surface area (Å²) in [6, 6.07) is 68.2. The van der Waals surface area contributed by atoms with Gasteiger partial charge in [0.15, 0.2) is 0 Å². The van der Waals surface area contributed by atoms with Gasteiger partial charge in [-0.2, -0.15) is 5.26 Å². The first kappa shape index (κ1) is 32.6. The summed E-state index contributed by atoms with van der Waals surface area (Å²) in [7, 11) is 0. The standard InChI is InChI=1S/C55H35N3/c56-34-35-17-19-36(20-18-35)37-21-25-40(26-22-37)57-52-15-7-5-13-47(52)50-31-38(23-29-54(50)57)39-24-30-55-51(32-39)48-14-6-8-16-53(48)58(55)41-27-28-46-44-11-2-1-9-42(44)43-10-3-4-12-45(43)49(46)33-41/h1-30,32-33,38H,31H2. The second kappa shape index (κ2) is 12.7. The number of hydrogen-bond donors (Lipinski definition) is 0. The molecule has 2 heterocycles. The zero-order valence-corrected chi connectivity index (χ0v) is 31.6. The average molecular weight is 738 g/mol. The monoisotopic (exact) mass is 737 g/mol. The van der Waals surface area contributed by atoms with Crippen LogP contribution in [0.5, 0.6) is 0 Å². The molecule has 0 fully saturated rings. The summed E-state index contributed by atoms with van der Waals surface area (Å²) in [5.74, 6) is 0.248. The fourth-order valence-electron chi connectivity index (χ4n) is 9.79. The van der Waals surface area contributed by atoms with Crippen LogP contribution in [0, 0.1) is 11.3 Å². The van der Waals surface area contributed by atoms with Crippen LogP contribution in [0.1, 0.15) is 28.3 Å². The Balaban J connectivity index is 0.949. The first-order valence-corrected chi connectivity index (χ1v) is 20.0. The minimum atomic E-state index is 0.248. The first-order valence-electron chi connectivity index (χ1n) is 20.0. The third-order valence-corrected chi connectivity index (χ3v) is 12.5. The van der Waals surface area contributed by atoms with E-state index in [1.807, 2.05) is 24.3 Å². The number of allylic oxidation sites excluding steroid dienone is 1. The number of aromatic nitrogens is 2. The van der Waals surface area contributed by atoms with Crippen LogP contribution in [-0.2, 0) is 6.42 Å². The zero-order chi connectivity index (χ0) is 38.3. The molecule has 0 N–H and O–H groups in total. The number of rotatable bonds is 4. The van der Waals surface area contributed by atoms with E-state index in [1.165, 1.54) is 87.5 Å². The molecular formula is C55H35N3. The Morgan fingerprint density at radius 3 is 1.64 bits per heavy atom. The highest BCUT2D eigenvalue weighted by Crippen LogP contribution is 2.42. The Morgan fingerprint density at radius 1 is 0.431 bits per heavy atom. The summed E-state index contributed by atoms with van der Waals surface area (Å²) in [6.07, 6.45) is 5.68. The van der Waals surface area contributed by atoms with Crippen molar-refractivity contribution in [3.63, 3.8) is 0 Å². The highest BCUT2D eigenvalue weighted by molar-refractivity contribution is 6.25. The van der Waals surface area contributed by atoms with Crippen LogP contribution in [-0.4, -0.2) is 9.13 Å². The van der Waals surface area contributed by atoms with E-state index < -0.39 is 0 Å². The molecule has 0 radical (unpaired) electrons. The van der Waals surface area contributed by atoms with E-state index in [0.717, 1.165) is 23.2 Å². The summed E-state index contributed by atoms with van der Waals surface area (Å²) in [6.45, 7) is 0. The molecule has 58 heavy (non-hydrogen) atoms. The van der Waals surface area contributed by atoms with Gasteiger partial charge in [0.25, 0.3) is 0 Å². The quantitative estimate of drug-likeness (QED) is 0.166. The Morgan fingerprint density at radius 2 is 0.966 bits per heavy atom. The van der Waals surface area contributed by atoms with Crippen LogP contribution in [0.4, 0.5) is 0 Å². The minimum absolute atomic E-state index is 0.248. The predicted octanol–water partition coefficient (Wildman–Crippen LogP) is 14.1. The van der Waals surface area contributed by atoms with Gasteiger partial charge in [-0.15, -0.1) is 0 Å². The van der Waals surface area contributed by atoms with Gasteiger partial charge in [0.1, 0.15) is 0 Å². The third-order valence-electron chi connectivity index (χ3n) is 12.5. The molecule has 9 aromatic carbocycles. The largest absolute Gasteiger partial charge is 0.310 e. The molecule has 11 aromatic rings. The number of hydrogen-bond acceptors (Lipinski definition) is 1. The van der Waals surface area contributed by atoms with Crippen molar-refractivity contribution in [3.8, 4) is 28.6 Å². The van der Waals surface area contributed by atoms with Crippen molar-refractivity contribution >= 4 is 71.1 Å². The Bertz CT molecular complexity index is 3500. The second-order valence-corrected chi connectivity index (χ2v) is 15.6.